The molecule has 0 saturated carbocycles. The third kappa shape index (κ3) is 1.48. The maximum absolute atomic E-state index is 11.2. The van der Waals surface area contributed by atoms with Crippen LogP contribution >= 0.6 is 0 Å². The normalized spacial score (nSPS) is 28.4. The summed E-state index contributed by atoms with van der Waals surface area (Å²) in [6.45, 7) is 3.86. The summed E-state index contributed by atoms with van der Waals surface area (Å²) in [5.74, 6) is 0.227. The van der Waals surface area contributed by atoms with E-state index in [0.717, 1.165) is 6.54 Å². The van der Waals surface area contributed by atoms with E-state index in [-0.39, 0.29) is 11.8 Å². The first-order chi connectivity index (χ1) is 4.72. The Morgan fingerprint density at radius 1 is 1.70 bits per heavy atom. The van der Waals surface area contributed by atoms with E-state index in [2.05, 4.69) is 0 Å². The number of hydrogen-bond acceptors (Lipinski definition) is 2. The van der Waals surface area contributed by atoms with Crippen molar-refractivity contribution in [3.8, 4) is 0 Å². The fraction of sp³-hybridized carbons (Fsp3) is 0.857. The van der Waals surface area contributed by atoms with E-state index in [1.165, 1.54) is 0 Å². The van der Waals surface area contributed by atoms with E-state index in [1.807, 2.05) is 14.0 Å². The lowest BCUT2D eigenvalue weighted by atomic mass is 10.2. The van der Waals surface area contributed by atoms with E-state index in [1.54, 1.807) is 4.90 Å². The van der Waals surface area contributed by atoms with Crippen LogP contribution in [-0.2, 0) is 9.53 Å². The summed E-state index contributed by atoms with van der Waals surface area (Å²) in [5, 5.41) is 0. The Kier molecular flexibility index (Phi) is 2.27. The van der Waals surface area contributed by atoms with Gasteiger partial charge in [-0.25, -0.2) is 0 Å². The quantitative estimate of drug-likeness (QED) is 0.481. The molecule has 0 aliphatic carbocycles. The van der Waals surface area contributed by atoms with Crippen molar-refractivity contribution in [3.05, 3.63) is 0 Å². The first-order valence-electron chi connectivity index (χ1n) is 3.54. The Bertz CT molecular complexity index is 122. The molecule has 58 valence electrons. The van der Waals surface area contributed by atoms with Crippen molar-refractivity contribution in [2.45, 2.75) is 6.92 Å². The largest absolute Gasteiger partial charge is 0.379 e. The van der Waals surface area contributed by atoms with Crippen molar-refractivity contribution in [2.24, 2.45) is 5.92 Å². The summed E-state index contributed by atoms with van der Waals surface area (Å²) in [4.78, 5) is 12.9. The number of carbonyl (C=O) groups excluding carboxylic acids is 1. The molecule has 1 aliphatic heterocycles. The van der Waals surface area contributed by atoms with Gasteiger partial charge in [0.15, 0.2) is 0 Å². The van der Waals surface area contributed by atoms with Gasteiger partial charge in [0, 0.05) is 13.6 Å². The van der Waals surface area contributed by atoms with Crippen LogP contribution in [0.15, 0.2) is 0 Å². The van der Waals surface area contributed by atoms with Crippen LogP contribution in [0.1, 0.15) is 6.92 Å². The minimum atomic E-state index is 0.0347. The average Bonchev–Trinajstić information content (AvgIpc) is 2.04. The molecular formula is C7H13NO2. The van der Waals surface area contributed by atoms with Crippen molar-refractivity contribution in [1.29, 1.82) is 0 Å². The van der Waals surface area contributed by atoms with Gasteiger partial charge in [-0.2, -0.15) is 0 Å². The van der Waals surface area contributed by atoms with Crippen LogP contribution in [0, 0.1) is 5.92 Å². The zero-order chi connectivity index (χ0) is 7.56. The standard InChI is InChI=1S/C7H13NO2/c1-6-5-10-4-3-8(2)7(6)9/h6H,3-5H2,1-2H3. The summed E-state index contributed by atoms with van der Waals surface area (Å²) in [7, 11) is 1.81. The molecule has 0 radical (unpaired) electrons. The molecule has 1 aliphatic rings. The SMILES string of the molecule is CC1COCCN(C)C1=O. The van der Waals surface area contributed by atoms with E-state index < -0.39 is 0 Å². The molecular weight excluding hydrogens is 130 g/mol. The van der Waals surface area contributed by atoms with Crippen molar-refractivity contribution in [2.75, 3.05) is 26.8 Å². The van der Waals surface area contributed by atoms with Gasteiger partial charge in [0.25, 0.3) is 0 Å². The van der Waals surface area contributed by atoms with E-state index in [0.29, 0.717) is 13.2 Å². The van der Waals surface area contributed by atoms with Gasteiger partial charge in [-0.3, -0.25) is 4.79 Å². The van der Waals surface area contributed by atoms with Crippen LogP contribution in [0.4, 0.5) is 0 Å². The summed E-state index contributed by atoms with van der Waals surface area (Å²) in [5.41, 5.74) is 0. The maximum Gasteiger partial charge on any atom is 0.227 e. The highest BCUT2D eigenvalue weighted by atomic mass is 16.5. The minimum absolute atomic E-state index is 0.0347. The molecule has 1 atom stereocenters. The lowest BCUT2D eigenvalue weighted by Crippen LogP contribution is -2.31. The Morgan fingerprint density at radius 2 is 2.40 bits per heavy atom. The summed E-state index contributed by atoms with van der Waals surface area (Å²) in [6.07, 6.45) is 0. The minimum Gasteiger partial charge on any atom is -0.379 e. The monoisotopic (exact) mass is 143 g/mol. The zero-order valence-electron chi connectivity index (χ0n) is 6.46. The Balaban J connectivity index is 2.55. The second kappa shape index (κ2) is 3.01. The number of rotatable bonds is 0. The molecule has 0 N–H and O–H groups in total. The summed E-state index contributed by atoms with van der Waals surface area (Å²) >= 11 is 0. The number of hydrogen-bond donors (Lipinski definition) is 0. The van der Waals surface area contributed by atoms with Crippen LogP contribution in [0.25, 0.3) is 0 Å². The highest BCUT2D eigenvalue weighted by Gasteiger charge is 2.20. The third-order valence-electron chi connectivity index (χ3n) is 1.74. The Morgan fingerprint density at radius 3 is 3.10 bits per heavy atom. The van der Waals surface area contributed by atoms with E-state index in [4.69, 9.17) is 4.74 Å². The molecule has 0 spiro atoms. The molecule has 10 heavy (non-hydrogen) atoms. The molecule has 1 rings (SSSR count). The van der Waals surface area contributed by atoms with Gasteiger partial charge >= 0.3 is 0 Å². The number of ether oxygens (including phenoxy) is 1. The van der Waals surface area contributed by atoms with Crippen LogP contribution < -0.4 is 0 Å². The molecule has 0 bridgehead atoms. The summed E-state index contributed by atoms with van der Waals surface area (Å²) < 4.78 is 5.19. The molecule has 1 fully saturated rings. The number of likely N-dealkylation sites (N-methyl/N-ethyl adjacent to an activating group) is 1. The summed E-state index contributed by atoms with van der Waals surface area (Å²) in [6, 6.07) is 0. The van der Waals surface area contributed by atoms with Gasteiger partial charge in [-0.15, -0.1) is 0 Å². The van der Waals surface area contributed by atoms with Gasteiger partial charge in [-0.1, -0.05) is 6.92 Å². The fourth-order valence-corrected chi connectivity index (χ4v) is 1.02. The van der Waals surface area contributed by atoms with Crippen LogP contribution in [0.5, 0.6) is 0 Å². The van der Waals surface area contributed by atoms with Crippen molar-refractivity contribution in [3.63, 3.8) is 0 Å². The van der Waals surface area contributed by atoms with Crippen LogP contribution in [-0.4, -0.2) is 37.6 Å². The molecule has 3 nitrogen and oxygen atoms in total. The second-order valence-corrected chi connectivity index (χ2v) is 2.74. The molecule has 1 unspecified atom stereocenters. The first-order valence-corrected chi connectivity index (χ1v) is 3.54. The fourth-order valence-electron chi connectivity index (χ4n) is 1.02. The van der Waals surface area contributed by atoms with Gasteiger partial charge < -0.3 is 9.64 Å². The molecule has 1 heterocycles. The van der Waals surface area contributed by atoms with Gasteiger partial charge in [0.05, 0.1) is 19.1 Å². The van der Waals surface area contributed by atoms with Crippen molar-refractivity contribution < 1.29 is 9.53 Å². The van der Waals surface area contributed by atoms with Crippen molar-refractivity contribution >= 4 is 5.91 Å². The van der Waals surface area contributed by atoms with E-state index >= 15 is 0 Å². The predicted octanol–water partition coefficient (Wildman–Crippen LogP) is 0.111. The Labute approximate surface area is 61.0 Å². The smallest absolute Gasteiger partial charge is 0.227 e. The topological polar surface area (TPSA) is 29.5 Å². The molecule has 0 aromatic heterocycles. The highest BCUT2D eigenvalue weighted by Crippen LogP contribution is 2.05. The number of nitrogens with zero attached hydrogens (tertiary/aromatic N) is 1. The van der Waals surface area contributed by atoms with Crippen LogP contribution in [0.2, 0.25) is 0 Å². The van der Waals surface area contributed by atoms with E-state index in [9.17, 15) is 4.79 Å². The van der Waals surface area contributed by atoms with Crippen molar-refractivity contribution in [1.82, 2.24) is 4.90 Å². The van der Waals surface area contributed by atoms with Gasteiger partial charge in [0.1, 0.15) is 0 Å². The maximum atomic E-state index is 11.2. The second-order valence-electron chi connectivity index (χ2n) is 2.74. The Hall–Kier alpha value is -0.570. The van der Waals surface area contributed by atoms with Gasteiger partial charge in [0.2, 0.25) is 5.91 Å². The molecule has 0 aromatic carbocycles. The lowest BCUT2D eigenvalue weighted by molar-refractivity contribution is -0.132. The third-order valence-corrected chi connectivity index (χ3v) is 1.74. The lowest BCUT2D eigenvalue weighted by Gasteiger charge is -2.14. The first kappa shape index (κ1) is 7.54. The molecule has 1 amide bonds. The number of amides is 1. The number of carbonyl (C=O) groups is 1. The molecule has 3 heteroatoms. The molecule has 1 saturated heterocycles. The molecule has 0 aromatic rings. The average molecular weight is 143 g/mol. The van der Waals surface area contributed by atoms with Gasteiger partial charge in [-0.05, 0) is 0 Å². The highest BCUT2D eigenvalue weighted by molar-refractivity contribution is 5.78. The zero-order valence-corrected chi connectivity index (χ0v) is 6.46. The predicted molar refractivity (Wildman–Crippen MR) is 37.6 cm³/mol. The van der Waals surface area contributed by atoms with Crippen LogP contribution in [0.3, 0.4) is 0 Å².